The van der Waals surface area contributed by atoms with Crippen molar-refractivity contribution < 1.29 is 0 Å². The molecule has 0 spiro atoms. The number of fused-ring (bicyclic) bond motifs is 1. The molecule has 4 nitrogen and oxygen atoms in total. The number of hydrogen-bond acceptors (Lipinski definition) is 3. The van der Waals surface area contributed by atoms with Crippen LogP contribution in [0.15, 0.2) is 16.7 Å². The van der Waals surface area contributed by atoms with Crippen LogP contribution in [0.5, 0.6) is 0 Å². The lowest BCUT2D eigenvalue weighted by molar-refractivity contribution is 0.309. The quantitative estimate of drug-likeness (QED) is 0.767. The summed E-state index contributed by atoms with van der Waals surface area (Å²) in [4.78, 5) is 11.5. The van der Waals surface area contributed by atoms with Crippen molar-refractivity contribution >= 4 is 38.7 Å². The predicted molar refractivity (Wildman–Crippen MR) is 85.1 cm³/mol. The monoisotopic (exact) mass is 356 g/mol. The molecule has 0 bridgehead atoms. The van der Waals surface area contributed by atoms with Crippen molar-refractivity contribution in [3.05, 3.63) is 22.6 Å². The van der Waals surface area contributed by atoms with Gasteiger partial charge in [0.05, 0.1) is 5.38 Å². The molecular weight excluding hydrogens is 340 g/mol. The van der Waals surface area contributed by atoms with Gasteiger partial charge >= 0.3 is 0 Å². The topological polar surface area (TPSA) is 34.0 Å². The maximum absolute atomic E-state index is 6.27. The van der Waals surface area contributed by atoms with Gasteiger partial charge in [0, 0.05) is 29.8 Å². The average molecular weight is 358 g/mol. The molecule has 0 aliphatic heterocycles. The van der Waals surface area contributed by atoms with Crippen molar-refractivity contribution in [2.75, 3.05) is 13.6 Å². The first-order chi connectivity index (χ1) is 9.56. The Balaban J connectivity index is 1.91. The number of pyridine rings is 1. The van der Waals surface area contributed by atoms with Gasteiger partial charge in [0.2, 0.25) is 0 Å². The standard InChI is InChI=1S/C14H18BrClN4/c1-9(16)13-18-12-7-10(15)8-17-14(12)20(13)6-5-19(2)11-3-4-11/h7-9,11H,3-6H2,1-2H3. The Bertz CT molecular complexity index is 621. The molecule has 0 N–H and O–H groups in total. The molecule has 1 atom stereocenters. The van der Waals surface area contributed by atoms with E-state index in [4.69, 9.17) is 11.6 Å². The van der Waals surface area contributed by atoms with Crippen LogP contribution in [0.2, 0.25) is 0 Å². The van der Waals surface area contributed by atoms with Crippen molar-refractivity contribution in [1.82, 2.24) is 19.4 Å². The molecule has 2 heterocycles. The Morgan fingerprint density at radius 1 is 1.55 bits per heavy atom. The van der Waals surface area contributed by atoms with Gasteiger partial charge in [0.1, 0.15) is 11.3 Å². The number of rotatable bonds is 5. The third-order valence-electron chi connectivity index (χ3n) is 3.78. The summed E-state index contributed by atoms with van der Waals surface area (Å²) in [5.41, 5.74) is 1.82. The molecule has 1 fully saturated rings. The highest BCUT2D eigenvalue weighted by atomic mass is 79.9. The van der Waals surface area contributed by atoms with Crippen molar-refractivity contribution in [3.8, 4) is 0 Å². The van der Waals surface area contributed by atoms with Crippen LogP contribution in [0.1, 0.15) is 31.0 Å². The number of imidazole rings is 1. The van der Waals surface area contributed by atoms with Gasteiger partial charge in [-0.15, -0.1) is 11.6 Å². The number of aromatic nitrogens is 3. The molecule has 0 amide bonds. The first kappa shape index (κ1) is 14.3. The Morgan fingerprint density at radius 3 is 2.95 bits per heavy atom. The zero-order valence-corrected chi connectivity index (χ0v) is 14.0. The fourth-order valence-corrected chi connectivity index (χ4v) is 2.97. The SMILES string of the molecule is CC(Cl)c1nc2cc(Br)cnc2n1CCN(C)C1CC1. The van der Waals surface area contributed by atoms with Crippen LogP contribution in [0.4, 0.5) is 0 Å². The summed E-state index contributed by atoms with van der Waals surface area (Å²) in [6, 6.07) is 2.76. The minimum atomic E-state index is -0.116. The fourth-order valence-electron chi connectivity index (χ4n) is 2.48. The summed E-state index contributed by atoms with van der Waals surface area (Å²) in [5.74, 6) is 0.900. The van der Waals surface area contributed by atoms with Crippen molar-refractivity contribution in [2.45, 2.75) is 37.7 Å². The highest BCUT2D eigenvalue weighted by Crippen LogP contribution is 2.27. The van der Waals surface area contributed by atoms with Crippen LogP contribution in [0.25, 0.3) is 11.2 Å². The molecule has 2 aromatic heterocycles. The molecule has 0 aromatic carbocycles. The number of likely N-dealkylation sites (N-methyl/N-ethyl adjacent to an activating group) is 1. The summed E-state index contributed by atoms with van der Waals surface area (Å²) >= 11 is 9.71. The molecule has 1 saturated carbocycles. The minimum Gasteiger partial charge on any atom is -0.310 e. The van der Waals surface area contributed by atoms with E-state index >= 15 is 0 Å². The van der Waals surface area contributed by atoms with Gasteiger partial charge in [0.25, 0.3) is 0 Å². The molecule has 108 valence electrons. The van der Waals surface area contributed by atoms with Gasteiger partial charge in [-0.1, -0.05) is 0 Å². The van der Waals surface area contributed by atoms with E-state index in [0.29, 0.717) is 0 Å². The summed E-state index contributed by atoms with van der Waals surface area (Å²) in [7, 11) is 2.19. The third-order valence-corrected chi connectivity index (χ3v) is 4.41. The largest absolute Gasteiger partial charge is 0.310 e. The van der Waals surface area contributed by atoms with E-state index in [-0.39, 0.29) is 5.38 Å². The maximum atomic E-state index is 6.27. The highest BCUT2D eigenvalue weighted by molar-refractivity contribution is 9.10. The zero-order valence-electron chi connectivity index (χ0n) is 11.7. The molecule has 6 heteroatoms. The van der Waals surface area contributed by atoms with Crippen molar-refractivity contribution in [3.63, 3.8) is 0 Å². The van der Waals surface area contributed by atoms with Gasteiger partial charge in [-0.2, -0.15) is 0 Å². The molecule has 1 unspecified atom stereocenters. The van der Waals surface area contributed by atoms with E-state index in [0.717, 1.165) is 40.6 Å². The predicted octanol–water partition coefficient (Wildman–Crippen LogP) is 3.59. The van der Waals surface area contributed by atoms with Gasteiger partial charge < -0.3 is 9.47 Å². The second-order valence-corrected chi connectivity index (χ2v) is 7.02. The number of nitrogens with zero attached hydrogens (tertiary/aromatic N) is 4. The van der Waals surface area contributed by atoms with Gasteiger partial charge in [-0.3, -0.25) is 0 Å². The molecule has 20 heavy (non-hydrogen) atoms. The van der Waals surface area contributed by atoms with Crippen LogP contribution < -0.4 is 0 Å². The van der Waals surface area contributed by atoms with E-state index in [1.807, 2.05) is 19.2 Å². The summed E-state index contributed by atoms with van der Waals surface area (Å²) in [5, 5.41) is -0.116. The maximum Gasteiger partial charge on any atom is 0.160 e. The highest BCUT2D eigenvalue weighted by Gasteiger charge is 2.26. The number of alkyl halides is 1. The van der Waals surface area contributed by atoms with Crippen LogP contribution in [-0.2, 0) is 6.54 Å². The van der Waals surface area contributed by atoms with E-state index in [2.05, 4.69) is 42.4 Å². The van der Waals surface area contributed by atoms with E-state index in [1.54, 1.807) is 0 Å². The second-order valence-electron chi connectivity index (χ2n) is 5.45. The lowest BCUT2D eigenvalue weighted by Crippen LogP contribution is -2.26. The van der Waals surface area contributed by atoms with Crippen LogP contribution in [0.3, 0.4) is 0 Å². The fraction of sp³-hybridized carbons (Fsp3) is 0.571. The van der Waals surface area contributed by atoms with Crippen molar-refractivity contribution in [1.29, 1.82) is 0 Å². The Labute approximate surface area is 132 Å². The average Bonchev–Trinajstić information content (AvgIpc) is 3.18. The molecule has 0 saturated heterocycles. The smallest absolute Gasteiger partial charge is 0.160 e. The lowest BCUT2D eigenvalue weighted by Gasteiger charge is -2.17. The molecule has 3 rings (SSSR count). The van der Waals surface area contributed by atoms with Gasteiger partial charge in [-0.25, -0.2) is 9.97 Å². The normalized spacial score (nSPS) is 17.1. The van der Waals surface area contributed by atoms with Gasteiger partial charge in [-0.05, 0) is 48.8 Å². The minimum absolute atomic E-state index is 0.116. The summed E-state index contributed by atoms with van der Waals surface area (Å²) < 4.78 is 3.09. The Hall–Kier alpha value is -0.650. The van der Waals surface area contributed by atoms with Crippen LogP contribution in [-0.4, -0.2) is 39.1 Å². The summed E-state index contributed by atoms with van der Waals surface area (Å²) in [6.45, 7) is 3.84. The zero-order chi connectivity index (χ0) is 14.3. The molecule has 0 radical (unpaired) electrons. The molecule has 2 aromatic rings. The molecule has 1 aliphatic rings. The van der Waals surface area contributed by atoms with E-state index in [9.17, 15) is 0 Å². The second kappa shape index (κ2) is 5.62. The lowest BCUT2D eigenvalue weighted by atomic mass is 10.4. The first-order valence-electron chi connectivity index (χ1n) is 6.92. The van der Waals surface area contributed by atoms with Crippen molar-refractivity contribution in [2.24, 2.45) is 0 Å². The third kappa shape index (κ3) is 2.85. The van der Waals surface area contributed by atoms with Crippen LogP contribution >= 0.6 is 27.5 Å². The summed E-state index contributed by atoms with van der Waals surface area (Å²) in [6.07, 6.45) is 4.46. The molecular formula is C14H18BrClN4. The van der Waals surface area contributed by atoms with Crippen LogP contribution in [0, 0.1) is 0 Å². The Kier molecular flexibility index (Phi) is 4.02. The van der Waals surface area contributed by atoms with E-state index in [1.165, 1.54) is 12.8 Å². The van der Waals surface area contributed by atoms with E-state index < -0.39 is 0 Å². The number of hydrogen-bond donors (Lipinski definition) is 0. The first-order valence-corrected chi connectivity index (χ1v) is 8.15. The van der Waals surface area contributed by atoms with Gasteiger partial charge in [0.15, 0.2) is 5.65 Å². The number of halogens is 2. The molecule has 1 aliphatic carbocycles. The Morgan fingerprint density at radius 2 is 2.30 bits per heavy atom.